The number of rotatable bonds is 5. The van der Waals surface area contributed by atoms with Gasteiger partial charge in [0.05, 0.1) is 0 Å². The highest BCUT2D eigenvalue weighted by molar-refractivity contribution is 5.07. The molecule has 1 aliphatic rings. The molecular formula is C14H30N2. The van der Waals surface area contributed by atoms with Gasteiger partial charge in [-0.3, -0.25) is 4.90 Å². The fourth-order valence-electron chi connectivity index (χ4n) is 3.63. The summed E-state index contributed by atoms with van der Waals surface area (Å²) in [5.74, 6) is 0. The zero-order chi connectivity index (χ0) is 12.4. The van der Waals surface area contributed by atoms with Crippen LogP contribution in [0, 0.1) is 5.41 Å². The van der Waals surface area contributed by atoms with Crippen LogP contribution in [0.15, 0.2) is 0 Å². The fourth-order valence-corrected chi connectivity index (χ4v) is 3.63. The number of nitrogens with two attached hydrogens (primary N) is 1. The lowest BCUT2D eigenvalue weighted by atomic mass is 9.73. The van der Waals surface area contributed by atoms with Crippen LogP contribution in [-0.4, -0.2) is 29.6 Å². The van der Waals surface area contributed by atoms with Gasteiger partial charge in [0.25, 0.3) is 0 Å². The molecule has 1 atom stereocenters. The van der Waals surface area contributed by atoms with Gasteiger partial charge in [-0.1, -0.05) is 27.2 Å². The molecule has 0 saturated heterocycles. The first-order valence-corrected chi connectivity index (χ1v) is 6.88. The van der Waals surface area contributed by atoms with Gasteiger partial charge in [0.15, 0.2) is 0 Å². The lowest BCUT2D eigenvalue weighted by Crippen LogP contribution is -2.62. The Morgan fingerprint density at radius 3 is 2.19 bits per heavy atom. The minimum absolute atomic E-state index is 0.233. The monoisotopic (exact) mass is 226 g/mol. The maximum atomic E-state index is 6.17. The Labute approximate surface area is 102 Å². The number of hydrogen-bond donors (Lipinski definition) is 1. The van der Waals surface area contributed by atoms with Crippen molar-refractivity contribution >= 4 is 0 Å². The molecule has 0 amide bonds. The standard InChI is InChI=1S/C14H30N2/c1-6-10-16(12(2)3)14(11-15)9-7-8-13(14,4)5/h12H,6-11,15H2,1-5H3. The first-order chi connectivity index (χ1) is 7.41. The summed E-state index contributed by atoms with van der Waals surface area (Å²) >= 11 is 0. The molecule has 2 N–H and O–H groups in total. The van der Waals surface area contributed by atoms with E-state index in [1.165, 1.54) is 32.2 Å². The predicted octanol–water partition coefficient (Wildman–Crippen LogP) is 3.01. The van der Waals surface area contributed by atoms with Crippen LogP contribution in [0.5, 0.6) is 0 Å². The van der Waals surface area contributed by atoms with Gasteiger partial charge in [0, 0.05) is 18.1 Å². The first kappa shape index (κ1) is 14.0. The van der Waals surface area contributed by atoms with Gasteiger partial charge < -0.3 is 5.73 Å². The highest BCUT2D eigenvalue weighted by atomic mass is 15.2. The third kappa shape index (κ3) is 2.14. The van der Waals surface area contributed by atoms with Crippen LogP contribution in [0.25, 0.3) is 0 Å². The Hall–Kier alpha value is -0.0800. The third-order valence-electron chi connectivity index (χ3n) is 4.63. The van der Waals surface area contributed by atoms with Crippen molar-refractivity contribution in [3.05, 3.63) is 0 Å². The molecule has 0 radical (unpaired) electrons. The molecule has 0 aromatic rings. The van der Waals surface area contributed by atoms with Crippen LogP contribution >= 0.6 is 0 Å². The second kappa shape index (κ2) is 5.05. The van der Waals surface area contributed by atoms with E-state index in [0.29, 0.717) is 11.5 Å². The summed E-state index contributed by atoms with van der Waals surface area (Å²) in [6.45, 7) is 13.7. The number of nitrogens with zero attached hydrogens (tertiary/aromatic N) is 1. The smallest absolute Gasteiger partial charge is 0.0385 e. The predicted molar refractivity (Wildman–Crippen MR) is 71.6 cm³/mol. The molecule has 2 nitrogen and oxygen atoms in total. The van der Waals surface area contributed by atoms with E-state index in [2.05, 4.69) is 39.5 Å². The molecule has 2 heteroatoms. The van der Waals surface area contributed by atoms with E-state index in [4.69, 9.17) is 5.73 Å². The molecule has 1 saturated carbocycles. The van der Waals surface area contributed by atoms with E-state index in [1.54, 1.807) is 0 Å². The Bertz CT molecular complexity index is 223. The summed E-state index contributed by atoms with van der Waals surface area (Å²) in [4.78, 5) is 2.67. The third-order valence-corrected chi connectivity index (χ3v) is 4.63. The zero-order valence-electron chi connectivity index (χ0n) is 11.8. The van der Waals surface area contributed by atoms with Crippen molar-refractivity contribution < 1.29 is 0 Å². The van der Waals surface area contributed by atoms with Gasteiger partial charge >= 0.3 is 0 Å². The average Bonchev–Trinajstić information content (AvgIpc) is 2.50. The van der Waals surface area contributed by atoms with Crippen molar-refractivity contribution in [2.24, 2.45) is 11.1 Å². The molecule has 0 spiro atoms. The average molecular weight is 226 g/mol. The van der Waals surface area contributed by atoms with Crippen molar-refractivity contribution in [3.8, 4) is 0 Å². The Kier molecular flexibility index (Phi) is 4.42. The second-order valence-electron chi connectivity index (χ2n) is 6.26. The maximum Gasteiger partial charge on any atom is 0.0385 e. The van der Waals surface area contributed by atoms with Gasteiger partial charge in [-0.15, -0.1) is 0 Å². The van der Waals surface area contributed by atoms with Crippen LogP contribution in [-0.2, 0) is 0 Å². The maximum absolute atomic E-state index is 6.17. The van der Waals surface area contributed by atoms with Crippen LogP contribution < -0.4 is 5.73 Å². The summed E-state index contributed by atoms with van der Waals surface area (Å²) in [7, 11) is 0. The largest absolute Gasteiger partial charge is 0.329 e. The Morgan fingerprint density at radius 1 is 1.25 bits per heavy atom. The topological polar surface area (TPSA) is 29.3 Å². The molecule has 96 valence electrons. The summed E-state index contributed by atoms with van der Waals surface area (Å²) < 4.78 is 0. The van der Waals surface area contributed by atoms with Gasteiger partial charge in [-0.2, -0.15) is 0 Å². The van der Waals surface area contributed by atoms with Gasteiger partial charge in [0.2, 0.25) is 0 Å². The van der Waals surface area contributed by atoms with E-state index in [9.17, 15) is 0 Å². The Morgan fingerprint density at radius 2 is 1.88 bits per heavy atom. The van der Waals surface area contributed by atoms with E-state index in [1.807, 2.05) is 0 Å². The fraction of sp³-hybridized carbons (Fsp3) is 1.00. The van der Waals surface area contributed by atoms with Crippen molar-refractivity contribution in [2.75, 3.05) is 13.1 Å². The van der Waals surface area contributed by atoms with E-state index in [-0.39, 0.29) is 5.54 Å². The van der Waals surface area contributed by atoms with Crippen molar-refractivity contribution in [1.82, 2.24) is 4.90 Å². The highest BCUT2D eigenvalue weighted by Gasteiger charge is 2.51. The molecular weight excluding hydrogens is 196 g/mol. The molecule has 16 heavy (non-hydrogen) atoms. The van der Waals surface area contributed by atoms with Crippen molar-refractivity contribution in [2.45, 2.75) is 71.9 Å². The molecule has 1 unspecified atom stereocenters. The molecule has 1 rings (SSSR count). The van der Waals surface area contributed by atoms with Crippen LogP contribution in [0.1, 0.15) is 60.3 Å². The molecule has 1 aliphatic carbocycles. The highest BCUT2D eigenvalue weighted by Crippen LogP contribution is 2.49. The zero-order valence-corrected chi connectivity index (χ0v) is 11.8. The molecule has 0 heterocycles. The van der Waals surface area contributed by atoms with Gasteiger partial charge in [-0.05, 0) is 45.1 Å². The van der Waals surface area contributed by atoms with Crippen molar-refractivity contribution in [3.63, 3.8) is 0 Å². The summed E-state index contributed by atoms with van der Waals surface area (Å²) in [5, 5.41) is 0. The summed E-state index contributed by atoms with van der Waals surface area (Å²) in [5.41, 5.74) is 6.77. The molecule has 1 fully saturated rings. The van der Waals surface area contributed by atoms with Crippen molar-refractivity contribution in [1.29, 1.82) is 0 Å². The SMILES string of the molecule is CCCN(C(C)C)C1(CN)CCCC1(C)C. The van der Waals surface area contributed by atoms with Gasteiger partial charge in [0.1, 0.15) is 0 Å². The normalized spacial score (nSPS) is 29.2. The molecule has 0 aromatic heterocycles. The Balaban J connectivity index is 3.01. The van der Waals surface area contributed by atoms with E-state index in [0.717, 1.165) is 6.54 Å². The van der Waals surface area contributed by atoms with Crippen LogP contribution in [0.4, 0.5) is 0 Å². The number of hydrogen-bond acceptors (Lipinski definition) is 2. The minimum Gasteiger partial charge on any atom is -0.329 e. The van der Waals surface area contributed by atoms with Crippen LogP contribution in [0.3, 0.4) is 0 Å². The van der Waals surface area contributed by atoms with E-state index >= 15 is 0 Å². The lowest BCUT2D eigenvalue weighted by Gasteiger charge is -2.51. The molecule has 0 aliphatic heterocycles. The molecule has 0 aromatic carbocycles. The lowest BCUT2D eigenvalue weighted by molar-refractivity contribution is -0.00981. The summed E-state index contributed by atoms with van der Waals surface area (Å²) in [6.07, 6.45) is 5.14. The second-order valence-corrected chi connectivity index (χ2v) is 6.26. The molecule has 0 bridgehead atoms. The van der Waals surface area contributed by atoms with E-state index < -0.39 is 0 Å². The summed E-state index contributed by atoms with van der Waals surface area (Å²) in [6, 6.07) is 0.598. The first-order valence-electron chi connectivity index (χ1n) is 6.88. The minimum atomic E-state index is 0.233. The quantitative estimate of drug-likeness (QED) is 0.781. The van der Waals surface area contributed by atoms with Gasteiger partial charge in [-0.25, -0.2) is 0 Å². The van der Waals surface area contributed by atoms with Crippen LogP contribution in [0.2, 0.25) is 0 Å².